The van der Waals surface area contributed by atoms with Gasteiger partial charge in [-0.2, -0.15) is 0 Å². The maximum atomic E-state index is 13.0. The maximum absolute atomic E-state index is 13.0. The molecule has 0 unspecified atom stereocenters. The van der Waals surface area contributed by atoms with Crippen LogP contribution in [0.15, 0.2) is 48.5 Å². The van der Waals surface area contributed by atoms with Crippen LogP contribution in [0.4, 0.5) is 10.1 Å². The predicted octanol–water partition coefficient (Wildman–Crippen LogP) is 4.13. The zero-order chi connectivity index (χ0) is 18.7. The van der Waals surface area contributed by atoms with Crippen molar-refractivity contribution in [1.82, 2.24) is 4.98 Å². The molecule has 7 heteroatoms. The molecule has 0 saturated carbocycles. The van der Waals surface area contributed by atoms with Crippen LogP contribution in [0.5, 0.6) is 0 Å². The van der Waals surface area contributed by atoms with Crippen LogP contribution in [-0.4, -0.2) is 23.5 Å². The van der Waals surface area contributed by atoms with E-state index in [1.54, 1.807) is 31.2 Å². The van der Waals surface area contributed by atoms with Crippen LogP contribution in [0.1, 0.15) is 16.1 Å². The number of halogens is 2. The summed E-state index contributed by atoms with van der Waals surface area (Å²) in [5.41, 5.74) is 1.90. The number of pyridine rings is 1. The van der Waals surface area contributed by atoms with E-state index in [9.17, 15) is 14.0 Å². The minimum atomic E-state index is -0.632. The van der Waals surface area contributed by atoms with Gasteiger partial charge in [0.2, 0.25) is 0 Å². The molecule has 0 aliphatic heterocycles. The minimum absolute atomic E-state index is 0.0560. The average Bonchev–Trinajstić information content (AvgIpc) is 2.61. The first-order valence-electron chi connectivity index (χ1n) is 7.72. The van der Waals surface area contributed by atoms with Crippen LogP contribution < -0.4 is 5.32 Å². The van der Waals surface area contributed by atoms with Crippen molar-refractivity contribution in [2.24, 2.45) is 0 Å². The number of carbonyl (C=O) groups is 2. The SMILES string of the molecule is Cc1cc(C(=O)OCC(=O)Nc2ccc(F)cc2Cl)c2ccccc2n1. The summed E-state index contributed by atoms with van der Waals surface area (Å²) in [6, 6.07) is 12.4. The van der Waals surface area contributed by atoms with Crippen molar-refractivity contribution in [3.05, 3.63) is 70.6 Å². The Morgan fingerprint density at radius 2 is 1.96 bits per heavy atom. The van der Waals surface area contributed by atoms with E-state index in [1.807, 2.05) is 6.07 Å². The van der Waals surface area contributed by atoms with Crippen LogP contribution in [0.2, 0.25) is 5.02 Å². The fraction of sp³-hybridized carbons (Fsp3) is 0.105. The molecule has 1 amide bonds. The van der Waals surface area contributed by atoms with E-state index in [2.05, 4.69) is 10.3 Å². The first-order chi connectivity index (χ1) is 12.4. The molecule has 1 aromatic heterocycles. The van der Waals surface area contributed by atoms with Crippen molar-refractivity contribution in [1.29, 1.82) is 0 Å². The van der Waals surface area contributed by atoms with Gasteiger partial charge in [0.05, 0.1) is 21.8 Å². The van der Waals surface area contributed by atoms with Crippen molar-refractivity contribution < 1.29 is 18.7 Å². The third-order valence-electron chi connectivity index (χ3n) is 3.60. The highest BCUT2D eigenvalue weighted by atomic mass is 35.5. The number of carbonyl (C=O) groups excluding carboxylic acids is 2. The lowest BCUT2D eigenvalue weighted by Crippen LogP contribution is -2.21. The number of benzene rings is 2. The summed E-state index contributed by atoms with van der Waals surface area (Å²) in [5.74, 6) is -1.73. The first-order valence-corrected chi connectivity index (χ1v) is 8.10. The van der Waals surface area contributed by atoms with E-state index in [4.69, 9.17) is 16.3 Å². The number of anilines is 1. The van der Waals surface area contributed by atoms with Gasteiger partial charge in [0.1, 0.15) is 5.82 Å². The number of hydrogen-bond donors (Lipinski definition) is 1. The van der Waals surface area contributed by atoms with Crippen molar-refractivity contribution in [2.75, 3.05) is 11.9 Å². The summed E-state index contributed by atoms with van der Waals surface area (Å²) in [4.78, 5) is 28.7. The van der Waals surface area contributed by atoms with Gasteiger partial charge in [0.15, 0.2) is 6.61 Å². The smallest absolute Gasteiger partial charge is 0.339 e. The third-order valence-corrected chi connectivity index (χ3v) is 3.92. The Hall–Kier alpha value is -2.99. The molecule has 0 radical (unpaired) electrons. The fourth-order valence-electron chi connectivity index (χ4n) is 2.46. The summed E-state index contributed by atoms with van der Waals surface area (Å²) in [7, 11) is 0. The monoisotopic (exact) mass is 372 g/mol. The normalized spacial score (nSPS) is 10.6. The molecule has 3 rings (SSSR count). The largest absolute Gasteiger partial charge is 0.452 e. The molecule has 3 aromatic rings. The molecule has 0 spiro atoms. The van der Waals surface area contributed by atoms with E-state index in [0.717, 1.165) is 6.07 Å². The Morgan fingerprint density at radius 1 is 1.19 bits per heavy atom. The van der Waals surface area contributed by atoms with E-state index >= 15 is 0 Å². The molecule has 1 heterocycles. The van der Waals surface area contributed by atoms with Gasteiger partial charge >= 0.3 is 5.97 Å². The quantitative estimate of drug-likeness (QED) is 0.699. The Kier molecular flexibility index (Phi) is 5.14. The molecule has 0 aliphatic carbocycles. The summed E-state index contributed by atoms with van der Waals surface area (Å²) < 4.78 is 18.1. The highest BCUT2D eigenvalue weighted by Gasteiger charge is 2.15. The zero-order valence-corrected chi connectivity index (χ0v) is 14.5. The molecular weight excluding hydrogens is 359 g/mol. The molecule has 5 nitrogen and oxygen atoms in total. The predicted molar refractivity (Wildman–Crippen MR) is 96.8 cm³/mol. The number of nitrogens with one attached hydrogen (secondary N) is 1. The lowest BCUT2D eigenvalue weighted by atomic mass is 10.1. The lowest BCUT2D eigenvalue weighted by Gasteiger charge is -2.10. The number of hydrogen-bond acceptors (Lipinski definition) is 4. The standard InChI is InChI=1S/C19H14ClFN2O3/c1-11-8-14(13-4-2-3-5-16(13)22-11)19(25)26-10-18(24)23-17-7-6-12(21)9-15(17)20/h2-9H,10H2,1H3,(H,23,24). The van der Waals surface area contributed by atoms with Crippen molar-refractivity contribution in [3.63, 3.8) is 0 Å². The Bertz CT molecular complexity index is 1010. The third kappa shape index (κ3) is 3.97. The van der Waals surface area contributed by atoms with Crippen LogP contribution in [0.25, 0.3) is 10.9 Å². The number of nitrogens with zero attached hydrogens (tertiary/aromatic N) is 1. The number of aromatic nitrogens is 1. The summed E-state index contributed by atoms with van der Waals surface area (Å²) in [6.45, 7) is 1.27. The molecule has 26 heavy (non-hydrogen) atoms. The van der Waals surface area contributed by atoms with Crippen LogP contribution in [-0.2, 0) is 9.53 Å². The van der Waals surface area contributed by atoms with Crippen molar-refractivity contribution in [3.8, 4) is 0 Å². The van der Waals surface area contributed by atoms with Gasteiger partial charge in [-0.25, -0.2) is 9.18 Å². The second-order valence-corrected chi connectivity index (χ2v) is 5.98. The Morgan fingerprint density at radius 3 is 2.73 bits per heavy atom. The zero-order valence-electron chi connectivity index (χ0n) is 13.8. The summed E-state index contributed by atoms with van der Waals surface area (Å²) in [5, 5.41) is 3.17. The Labute approximate surface area is 153 Å². The number of amides is 1. The number of ether oxygens (including phenoxy) is 1. The molecule has 0 saturated heterocycles. The molecular formula is C19H14ClFN2O3. The Balaban J connectivity index is 1.70. The maximum Gasteiger partial charge on any atom is 0.339 e. The number of esters is 1. The van der Waals surface area contributed by atoms with Crippen LogP contribution in [0.3, 0.4) is 0 Å². The number of para-hydroxylation sites is 1. The number of rotatable bonds is 4. The highest BCUT2D eigenvalue weighted by molar-refractivity contribution is 6.33. The van der Waals surface area contributed by atoms with E-state index in [0.29, 0.717) is 22.2 Å². The van der Waals surface area contributed by atoms with Crippen LogP contribution >= 0.6 is 11.6 Å². The van der Waals surface area contributed by atoms with Gasteiger partial charge in [0.25, 0.3) is 5.91 Å². The molecule has 0 atom stereocenters. The number of aryl methyl sites for hydroxylation is 1. The van der Waals surface area contributed by atoms with Gasteiger partial charge in [-0.15, -0.1) is 0 Å². The average molecular weight is 373 g/mol. The topological polar surface area (TPSA) is 68.3 Å². The molecule has 0 aliphatic rings. The van der Waals surface area contributed by atoms with E-state index in [1.165, 1.54) is 12.1 Å². The molecule has 0 fully saturated rings. The molecule has 132 valence electrons. The van der Waals surface area contributed by atoms with Gasteiger partial charge in [-0.1, -0.05) is 29.8 Å². The number of fused-ring (bicyclic) bond motifs is 1. The molecule has 0 bridgehead atoms. The molecule has 2 aromatic carbocycles. The second kappa shape index (κ2) is 7.49. The summed E-state index contributed by atoms with van der Waals surface area (Å²) >= 11 is 5.85. The summed E-state index contributed by atoms with van der Waals surface area (Å²) in [6.07, 6.45) is 0. The van der Waals surface area contributed by atoms with E-state index < -0.39 is 24.3 Å². The fourth-order valence-corrected chi connectivity index (χ4v) is 2.68. The van der Waals surface area contributed by atoms with Gasteiger partial charge in [-0.3, -0.25) is 9.78 Å². The first kappa shape index (κ1) is 17.8. The van der Waals surface area contributed by atoms with Crippen molar-refractivity contribution in [2.45, 2.75) is 6.92 Å². The molecule has 1 N–H and O–H groups in total. The van der Waals surface area contributed by atoms with Crippen LogP contribution in [0, 0.1) is 12.7 Å². The van der Waals surface area contributed by atoms with Gasteiger partial charge in [-0.05, 0) is 37.3 Å². The minimum Gasteiger partial charge on any atom is -0.452 e. The highest BCUT2D eigenvalue weighted by Crippen LogP contribution is 2.22. The van der Waals surface area contributed by atoms with E-state index in [-0.39, 0.29) is 10.7 Å². The van der Waals surface area contributed by atoms with Crippen molar-refractivity contribution >= 4 is 40.1 Å². The van der Waals surface area contributed by atoms with Gasteiger partial charge < -0.3 is 10.1 Å². The lowest BCUT2D eigenvalue weighted by molar-refractivity contribution is -0.119. The second-order valence-electron chi connectivity index (χ2n) is 5.58. The van der Waals surface area contributed by atoms with Gasteiger partial charge in [0, 0.05) is 11.1 Å².